The lowest BCUT2D eigenvalue weighted by molar-refractivity contribution is 1.12. The zero-order chi connectivity index (χ0) is 35.2. The average molecular weight is 674 g/mol. The number of hydrogen-bond acceptors (Lipinski definition) is 2. The van der Waals surface area contributed by atoms with Crippen LogP contribution in [-0.4, -0.2) is 13.7 Å². The number of fused-ring (bicyclic) bond motifs is 11. The van der Waals surface area contributed by atoms with E-state index in [1.807, 2.05) is 36.4 Å². The maximum atomic E-state index is 10.8. The van der Waals surface area contributed by atoms with Crippen molar-refractivity contribution in [1.82, 2.24) is 13.7 Å². The Bertz CT molecular complexity index is 3290. The molecule has 8 aromatic carbocycles. The molecule has 3 heterocycles. The van der Waals surface area contributed by atoms with Crippen LogP contribution in [-0.2, 0) is 0 Å². The van der Waals surface area contributed by atoms with Gasteiger partial charge in [-0.2, -0.15) is 10.5 Å². The minimum Gasteiger partial charge on any atom is -0.309 e. The second kappa shape index (κ2) is 10.9. The molecule has 0 N–H and O–H groups in total. The Morgan fingerprint density at radius 2 is 0.774 bits per heavy atom. The minimum atomic E-state index is 0.434. The molecule has 244 valence electrons. The van der Waals surface area contributed by atoms with Crippen molar-refractivity contribution in [2.45, 2.75) is 0 Å². The highest BCUT2D eigenvalue weighted by molar-refractivity contribution is 6.22. The van der Waals surface area contributed by atoms with Gasteiger partial charge in [0.25, 0.3) is 0 Å². The van der Waals surface area contributed by atoms with Crippen LogP contribution < -0.4 is 0 Å². The Kier molecular flexibility index (Phi) is 6.02. The fraction of sp³-hybridized carbons (Fsp3) is 0. The summed E-state index contributed by atoms with van der Waals surface area (Å²) < 4.78 is 6.63. The Labute approximate surface area is 303 Å². The molecule has 0 unspecified atom stereocenters. The van der Waals surface area contributed by atoms with Gasteiger partial charge in [0.2, 0.25) is 0 Å². The van der Waals surface area contributed by atoms with Gasteiger partial charge in [0.05, 0.1) is 49.9 Å². The smallest absolute Gasteiger partial charge is 0.101 e. The molecule has 53 heavy (non-hydrogen) atoms. The lowest BCUT2D eigenvalue weighted by Gasteiger charge is -2.16. The van der Waals surface area contributed by atoms with Crippen molar-refractivity contribution >= 4 is 76.2 Å². The van der Waals surface area contributed by atoms with E-state index in [9.17, 15) is 10.5 Å². The first kappa shape index (κ1) is 29.2. The average Bonchev–Trinajstić information content (AvgIpc) is 3.86. The number of rotatable bonds is 3. The van der Waals surface area contributed by atoms with Crippen molar-refractivity contribution in [2.75, 3.05) is 0 Å². The molecule has 0 aliphatic heterocycles. The minimum absolute atomic E-state index is 0.434. The highest BCUT2D eigenvalue weighted by atomic mass is 15.0. The van der Waals surface area contributed by atoms with Gasteiger partial charge in [-0.3, -0.25) is 0 Å². The first-order chi connectivity index (χ1) is 26.2. The zero-order valence-corrected chi connectivity index (χ0v) is 28.3. The van der Waals surface area contributed by atoms with Crippen molar-refractivity contribution in [1.29, 1.82) is 10.5 Å². The van der Waals surface area contributed by atoms with Crippen molar-refractivity contribution in [2.24, 2.45) is 0 Å². The normalized spacial score (nSPS) is 11.7. The molecule has 5 nitrogen and oxygen atoms in total. The molecular formula is C48H27N5. The van der Waals surface area contributed by atoms with E-state index in [1.165, 1.54) is 10.8 Å². The van der Waals surface area contributed by atoms with Gasteiger partial charge >= 0.3 is 0 Å². The summed E-state index contributed by atoms with van der Waals surface area (Å²) in [4.78, 5) is 0. The van der Waals surface area contributed by atoms with Crippen molar-refractivity contribution in [3.05, 3.63) is 175 Å². The van der Waals surface area contributed by atoms with Gasteiger partial charge in [0.15, 0.2) is 0 Å². The summed E-state index contributed by atoms with van der Waals surface area (Å²) in [5.41, 5.74) is 9.52. The second-order valence-corrected chi connectivity index (χ2v) is 13.6. The van der Waals surface area contributed by atoms with E-state index >= 15 is 0 Å². The van der Waals surface area contributed by atoms with Crippen LogP contribution in [0, 0.1) is 22.7 Å². The van der Waals surface area contributed by atoms with E-state index in [2.05, 4.69) is 153 Å². The monoisotopic (exact) mass is 673 g/mol. The molecule has 0 bridgehead atoms. The van der Waals surface area contributed by atoms with Crippen molar-refractivity contribution in [3.8, 4) is 29.2 Å². The third-order valence-corrected chi connectivity index (χ3v) is 10.9. The number of para-hydroxylation sites is 4. The molecule has 11 aromatic rings. The van der Waals surface area contributed by atoms with E-state index in [1.54, 1.807) is 0 Å². The molecule has 0 aliphatic rings. The first-order valence-corrected chi connectivity index (χ1v) is 17.6. The summed E-state index contributed by atoms with van der Waals surface area (Å²) in [6, 6.07) is 61.8. The van der Waals surface area contributed by atoms with Crippen LogP contribution in [0.1, 0.15) is 11.1 Å². The van der Waals surface area contributed by atoms with Crippen LogP contribution in [0.2, 0.25) is 0 Å². The SMILES string of the molecule is N#Cc1cc(-n2c3ccc(-n4c5ccccc5c5ccccc54)cc3c3c4ccccc4ccc32)cc(C#N)c1-n1c2ccccc2c2ccccc21. The number of hydrogen-bond donors (Lipinski definition) is 0. The molecule has 0 radical (unpaired) electrons. The fourth-order valence-electron chi connectivity index (χ4n) is 8.72. The molecule has 0 fully saturated rings. The fourth-order valence-corrected chi connectivity index (χ4v) is 8.72. The number of aromatic nitrogens is 3. The van der Waals surface area contributed by atoms with E-state index in [-0.39, 0.29) is 0 Å². The van der Waals surface area contributed by atoms with Crippen LogP contribution >= 0.6 is 0 Å². The van der Waals surface area contributed by atoms with Crippen molar-refractivity contribution in [3.63, 3.8) is 0 Å². The Morgan fingerprint density at radius 1 is 0.340 bits per heavy atom. The topological polar surface area (TPSA) is 62.4 Å². The quantitative estimate of drug-likeness (QED) is 0.187. The van der Waals surface area contributed by atoms with Gasteiger partial charge in [-0.1, -0.05) is 103 Å². The summed E-state index contributed by atoms with van der Waals surface area (Å²) in [6.45, 7) is 0. The molecule has 0 atom stereocenters. The first-order valence-electron chi connectivity index (χ1n) is 17.6. The maximum absolute atomic E-state index is 10.8. The second-order valence-electron chi connectivity index (χ2n) is 13.6. The molecule has 0 saturated heterocycles. The Balaban J connectivity index is 1.22. The van der Waals surface area contributed by atoms with Gasteiger partial charge in [0, 0.05) is 43.7 Å². The molecule has 5 heteroatoms. The van der Waals surface area contributed by atoms with Crippen LogP contribution in [0.25, 0.3) is 93.3 Å². The zero-order valence-electron chi connectivity index (χ0n) is 28.3. The molecule has 0 spiro atoms. The molecule has 0 saturated carbocycles. The number of nitrogens with zero attached hydrogens (tertiary/aromatic N) is 5. The summed E-state index contributed by atoms with van der Waals surface area (Å²) >= 11 is 0. The van der Waals surface area contributed by atoms with E-state index in [0.29, 0.717) is 16.8 Å². The van der Waals surface area contributed by atoms with E-state index < -0.39 is 0 Å². The number of nitriles is 2. The molecule has 0 aliphatic carbocycles. The number of benzene rings is 8. The lowest BCUT2D eigenvalue weighted by Crippen LogP contribution is -2.04. The van der Waals surface area contributed by atoms with Gasteiger partial charge in [-0.25, -0.2) is 0 Å². The Hall–Kier alpha value is -7.60. The van der Waals surface area contributed by atoms with Crippen LogP contribution in [0.15, 0.2) is 164 Å². The van der Waals surface area contributed by atoms with Crippen molar-refractivity contribution < 1.29 is 0 Å². The third-order valence-electron chi connectivity index (χ3n) is 10.9. The maximum Gasteiger partial charge on any atom is 0.101 e. The summed E-state index contributed by atoms with van der Waals surface area (Å²) in [5, 5.41) is 30.7. The molecule has 0 amide bonds. The van der Waals surface area contributed by atoms with Crippen LogP contribution in [0.3, 0.4) is 0 Å². The summed E-state index contributed by atoms with van der Waals surface area (Å²) in [6.07, 6.45) is 0. The highest BCUT2D eigenvalue weighted by Crippen LogP contribution is 2.41. The Morgan fingerprint density at radius 3 is 1.32 bits per heavy atom. The van der Waals surface area contributed by atoms with Gasteiger partial charge in [0.1, 0.15) is 12.1 Å². The van der Waals surface area contributed by atoms with Gasteiger partial charge < -0.3 is 13.7 Å². The summed E-state index contributed by atoms with van der Waals surface area (Å²) in [5.74, 6) is 0. The molecule has 11 rings (SSSR count). The predicted octanol–water partition coefficient (Wildman–Crippen LogP) is 11.9. The van der Waals surface area contributed by atoms with E-state index in [0.717, 1.165) is 76.8 Å². The van der Waals surface area contributed by atoms with Gasteiger partial charge in [-0.05, 0) is 71.4 Å². The largest absolute Gasteiger partial charge is 0.309 e. The summed E-state index contributed by atoms with van der Waals surface area (Å²) in [7, 11) is 0. The van der Waals surface area contributed by atoms with Crippen LogP contribution in [0.4, 0.5) is 0 Å². The molecular weight excluding hydrogens is 647 g/mol. The van der Waals surface area contributed by atoms with Crippen LogP contribution in [0.5, 0.6) is 0 Å². The van der Waals surface area contributed by atoms with Gasteiger partial charge in [-0.15, -0.1) is 0 Å². The standard InChI is InChI=1S/C48H27N5/c49-28-31-25-34(26-32(29-50)48(31)53-43-19-9-5-15-38(43)39-16-6-10-20-44(39)53)52-45-24-22-33(27-40(45)47-35-12-2-1-11-30(35)21-23-46(47)52)51-41-17-7-3-13-36(41)37-14-4-8-18-42(37)51/h1-27H. The third kappa shape index (κ3) is 3.99. The lowest BCUT2D eigenvalue weighted by atomic mass is 10.0. The van der Waals surface area contributed by atoms with E-state index in [4.69, 9.17) is 0 Å². The predicted molar refractivity (Wildman–Crippen MR) is 216 cm³/mol. The highest BCUT2D eigenvalue weighted by Gasteiger charge is 2.22. The molecule has 3 aromatic heterocycles.